The van der Waals surface area contributed by atoms with Crippen LogP contribution in [0.3, 0.4) is 0 Å². The molecule has 0 spiro atoms. The fourth-order valence-electron chi connectivity index (χ4n) is 4.30. The van der Waals surface area contributed by atoms with Gasteiger partial charge in [-0.05, 0) is 43.7 Å². The molecule has 1 aromatic carbocycles. The van der Waals surface area contributed by atoms with E-state index in [0.717, 1.165) is 42.0 Å². The van der Waals surface area contributed by atoms with Crippen LogP contribution in [0.25, 0.3) is 16.8 Å². The second-order valence-corrected chi connectivity index (χ2v) is 8.26. The van der Waals surface area contributed by atoms with Crippen molar-refractivity contribution in [2.75, 3.05) is 12.3 Å². The second-order valence-electron chi connectivity index (χ2n) is 8.26. The number of nitrogen functional groups attached to an aromatic ring is 1. The highest BCUT2D eigenvalue weighted by molar-refractivity contribution is 5.95. The van der Waals surface area contributed by atoms with Gasteiger partial charge in [0.15, 0.2) is 0 Å². The van der Waals surface area contributed by atoms with E-state index in [-0.39, 0.29) is 18.5 Å². The highest BCUT2D eigenvalue weighted by atomic mass is 16.1. The number of anilines is 1. The largest absolute Gasteiger partial charge is 0.382 e. The summed E-state index contributed by atoms with van der Waals surface area (Å²) in [6, 6.07) is 12.8. The molecule has 0 saturated carbocycles. The minimum Gasteiger partial charge on any atom is -0.382 e. The van der Waals surface area contributed by atoms with Crippen LogP contribution in [0.4, 0.5) is 5.82 Å². The average Bonchev–Trinajstić information content (AvgIpc) is 3.29. The van der Waals surface area contributed by atoms with Gasteiger partial charge in [0.2, 0.25) is 0 Å². The predicted octanol–water partition coefficient (Wildman–Crippen LogP) is 2.99. The first-order valence-corrected chi connectivity index (χ1v) is 11.2. The predicted molar refractivity (Wildman–Crippen MR) is 128 cm³/mol. The average molecular weight is 453 g/mol. The highest BCUT2D eigenvalue weighted by Gasteiger charge is 2.23. The van der Waals surface area contributed by atoms with Crippen LogP contribution in [0.2, 0.25) is 0 Å². The molecule has 4 heterocycles. The van der Waals surface area contributed by atoms with Gasteiger partial charge >= 0.3 is 0 Å². The Kier molecular flexibility index (Phi) is 5.89. The molecule has 9 heteroatoms. The molecule has 5 rings (SSSR count). The number of fused-ring (bicyclic) bond motifs is 1. The summed E-state index contributed by atoms with van der Waals surface area (Å²) in [5.74, 6) is 1.12. The maximum atomic E-state index is 12.6. The van der Waals surface area contributed by atoms with E-state index in [1.54, 1.807) is 36.7 Å². The van der Waals surface area contributed by atoms with Crippen LogP contribution in [0, 0.1) is 11.3 Å². The number of imidazole rings is 1. The SMILES string of the molecule is N#Cc1ccnc(CNC(=O)c2ccc(-c3nc([C@@H]4CCCCN4)n4ccnc(N)c34)cc2)c1. The lowest BCUT2D eigenvalue weighted by Gasteiger charge is -2.22. The number of nitrogens with one attached hydrogen (secondary N) is 2. The van der Waals surface area contributed by atoms with Crippen LogP contribution >= 0.6 is 0 Å². The van der Waals surface area contributed by atoms with Gasteiger partial charge in [-0.3, -0.25) is 14.2 Å². The van der Waals surface area contributed by atoms with Crippen molar-refractivity contribution in [3.8, 4) is 17.3 Å². The van der Waals surface area contributed by atoms with E-state index in [1.165, 1.54) is 6.42 Å². The number of hydrogen-bond donors (Lipinski definition) is 3. The van der Waals surface area contributed by atoms with Crippen LogP contribution in [0.1, 0.15) is 52.7 Å². The molecule has 170 valence electrons. The molecule has 9 nitrogen and oxygen atoms in total. The molecular formula is C25H24N8O. The van der Waals surface area contributed by atoms with Gasteiger partial charge in [-0.25, -0.2) is 9.97 Å². The van der Waals surface area contributed by atoms with Crippen molar-refractivity contribution in [2.45, 2.75) is 31.8 Å². The lowest BCUT2D eigenvalue weighted by atomic mass is 10.0. The molecule has 1 amide bonds. The molecule has 1 atom stereocenters. The van der Waals surface area contributed by atoms with Gasteiger partial charge in [0.05, 0.1) is 29.9 Å². The monoisotopic (exact) mass is 452 g/mol. The number of rotatable bonds is 5. The van der Waals surface area contributed by atoms with Gasteiger partial charge in [0.25, 0.3) is 5.91 Å². The van der Waals surface area contributed by atoms with Gasteiger partial charge in [-0.1, -0.05) is 18.6 Å². The summed E-state index contributed by atoms with van der Waals surface area (Å²) < 4.78 is 2.02. The van der Waals surface area contributed by atoms with E-state index in [2.05, 4.69) is 26.7 Å². The molecule has 0 aliphatic carbocycles. The summed E-state index contributed by atoms with van der Waals surface area (Å²) in [6.07, 6.45) is 8.48. The number of piperidine rings is 1. The molecule has 0 radical (unpaired) electrons. The standard InChI is InChI=1S/C25H24N8O/c26-14-16-8-10-28-19(13-16)15-31-25(34)18-6-4-17(5-7-18)21-22-23(27)30-11-12-33(22)24(32-21)20-3-1-2-9-29-20/h4-8,10-13,20,29H,1-3,9,15H2,(H2,27,30)(H,31,34)/t20-/m0/s1. The molecule has 34 heavy (non-hydrogen) atoms. The molecule has 3 aromatic heterocycles. The number of nitrogens with zero attached hydrogens (tertiary/aromatic N) is 5. The molecule has 1 saturated heterocycles. The summed E-state index contributed by atoms with van der Waals surface area (Å²) in [7, 11) is 0. The smallest absolute Gasteiger partial charge is 0.251 e. The third-order valence-electron chi connectivity index (χ3n) is 6.03. The summed E-state index contributed by atoms with van der Waals surface area (Å²) in [4.78, 5) is 26.0. The molecule has 0 unspecified atom stereocenters. The van der Waals surface area contributed by atoms with Crippen LogP contribution < -0.4 is 16.4 Å². The first-order chi connectivity index (χ1) is 16.6. The fraction of sp³-hybridized carbons (Fsp3) is 0.240. The molecule has 4 aromatic rings. The number of carbonyl (C=O) groups excluding carboxylic acids is 1. The Morgan fingerprint density at radius 3 is 2.82 bits per heavy atom. The number of aromatic nitrogens is 4. The lowest BCUT2D eigenvalue weighted by molar-refractivity contribution is 0.0950. The first-order valence-electron chi connectivity index (χ1n) is 11.2. The number of amides is 1. The van der Waals surface area contributed by atoms with Crippen molar-refractivity contribution in [3.05, 3.63) is 77.6 Å². The van der Waals surface area contributed by atoms with E-state index >= 15 is 0 Å². The zero-order chi connectivity index (χ0) is 23.5. The normalized spacial score (nSPS) is 15.7. The number of nitrogens with two attached hydrogens (primary N) is 1. The second kappa shape index (κ2) is 9.29. The molecule has 0 bridgehead atoms. The van der Waals surface area contributed by atoms with Crippen LogP contribution in [0.5, 0.6) is 0 Å². The quantitative estimate of drug-likeness (QED) is 0.424. The van der Waals surface area contributed by atoms with Gasteiger partial charge < -0.3 is 16.4 Å². The van der Waals surface area contributed by atoms with Crippen molar-refractivity contribution in [2.24, 2.45) is 0 Å². The summed E-state index contributed by atoms with van der Waals surface area (Å²) >= 11 is 0. The zero-order valence-corrected chi connectivity index (χ0v) is 18.5. The van der Waals surface area contributed by atoms with Crippen LogP contribution in [0.15, 0.2) is 55.0 Å². The molecule has 1 aliphatic heterocycles. The van der Waals surface area contributed by atoms with Crippen LogP contribution in [-0.4, -0.2) is 31.8 Å². The third-order valence-corrected chi connectivity index (χ3v) is 6.03. The van der Waals surface area contributed by atoms with Crippen LogP contribution in [-0.2, 0) is 6.54 Å². The van der Waals surface area contributed by atoms with E-state index in [0.29, 0.717) is 22.6 Å². The lowest BCUT2D eigenvalue weighted by Crippen LogP contribution is -2.28. The molecule has 1 aliphatic rings. The van der Waals surface area contributed by atoms with E-state index in [1.807, 2.05) is 22.7 Å². The number of hydrogen-bond acceptors (Lipinski definition) is 7. The van der Waals surface area contributed by atoms with Gasteiger partial charge in [0, 0.05) is 29.7 Å². The van der Waals surface area contributed by atoms with Crippen molar-refractivity contribution in [1.29, 1.82) is 5.26 Å². The molecule has 1 fully saturated rings. The summed E-state index contributed by atoms with van der Waals surface area (Å²) in [6.45, 7) is 1.21. The molecule has 4 N–H and O–H groups in total. The van der Waals surface area contributed by atoms with Crippen molar-refractivity contribution in [1.82, 2.24) is 30.0 Å². The Morgan fingerprint density at radius 1 is 1.21 bits per heavy atom. The third kappa shape index (κ3) is 4.19. The highest BCUT2D eigenvalue weighted by Crippen LogP contribution is 2.32. The first kappa shape index (κ1) is 21.6. The maximum Gasteiger partial charge on any atom is 0.251 e. The Balaban J connectivity index is 1.39. The minimum atomic E-state index is -0.223. The number of benzene rings is 1. The Bertz CT molecular complexity index is 1380. The molecular weight excluding hydrogens is 428 g/mol. The van der Waals surface area contributed by atoms with E-state index < -0.39 is 0 Å². The Labute approximate surface area is 196 Å². The summed E-state index contributed by atoms with van der Waals surface area (Å²) in [5.41, 5.74) is 10.3. The Morgan fingerprint density at radius 2 is 2.06 bits per heavy atom. The topological polar surface area (TPSA) is 134 Å². The van der Waals surface area contributed by atoms with Crippen molar-refractivity contribution < 1.29 is 4.79 Å². The fourth-order valence-corrected chi connectivity index (χ4v) is 4.30. The Hall–Kier alpha value is -4.29. The van der Waals surface area contributed by atoms with Gasteiger partial charge in [-0.15, -0.1) is 0 Å². The maximum absolute atomic E-state index is 12.6. The summed E-state index contributed by atoms with van der Waals surface area (Å²) in [5, 5.41) is 15.4. The number of pyridine rings is 1. The van der Waals surface area contributed by atoms with Crippen molar-refractivity contribution in [3.63, 3.8) is 0 Å². The minimum absolute atomic E-state index is 0.162. The van der Waals surface area contributed by atoms with Crippen molar-refractivity contribution >= 4 is 17.2 Å². The van der Waals surface area contributed by atoms with E-state index in [9.17, 15) is 4.79 Å². The zero-order valence-electron chi connectivity index (χ0n) is 18.5. The number of carbonyl (C=O) groups is 1. The van der Waals surface area contributed by atoms with Gasteiger partial charge in [-0.2, -0.15) is 5.26 Å². The van der Waals surface area contributed by atoms with E-state index in [4.69, 9.17) is 16.0 Å². The number of nitriles is 1. The van der Waals surface area contributed by atoms with Gasteiger partial charge in [0.1, 0.15) is 22.9 Å².